The Kier molecular flexibility index (Phi) is 3.71. The molecule has 0 saturated carbocycles. The summed E-state index contributed by atoms with van der Waals surface area (Å²) >= 11 is 0. The van der Waals surface area contributed by atoms with Gasteiger partial charge in [0.1, 0.15) is 5.75 Å². The van der Waals surface area contributed by atoms with Crippen molar-refractivity contribution in [3.05, 3.63) is 59.9 Å². The fraction of sp³-hybridized carbons (Fsp3) is 0.429. The van der Waals surface area contributed by atoms with Crippen LogP contribution in [0.2, 0.25) is 0 Å². The summed E-state index contributed by atoms with van der Waals surface area (Å²) in [5.41, 5.74) is 3.23. The van der Waals surface area contributed by atoms with Crippen LogP contribution in [-0.2, 0) is 0 Å². The molecule has 1 aromatic heterocycles. The maximum atomic E-state index is 6.63. The highest BCUT2D eigenvalue weighted by Crippen LogP contribution is 2.49. The van der Waals surface area contributed by atoms with Crippen LogP contribution in [0.3, 0.4) is 0 Å². The Morgan fingerprint density at radius 3 is 2.65 bits per heavy atom. The van der Waals surface area contributed by atoms with E-state index in [1.165, 1.54) is 5.56 Å². The zero-order valence-corrected chi connectivity index (χ0v) is 15.1. The van der Waals surface area contributed by atoms with Gasteiger partial charge in [0.15, 0.2) is 0 Å². The minimum atomic E-state index is -0.320. The summed E-state index contributed by atoms with van der Waals surface area (Å²) in [6.07, 6.45) is 6.57. The van der Waals surface area contributed by atoms with Crippen LogP contribution in [0, 0.1) is 0 Å². The van der Waals surface area contributed by atoms with Gasteiger partial charge in [-0.1, -0.05) is 25.1 Å². The molecule has 0 aliphatic carbocycles. The average molecular weight is 348 g/mol. The first-order valence-corrected chi connectivity index (χ1v) is 9.56. The molecule has 26 heavy (non-hydrogen) atoms. The lowest BCUT2D eigenvalue weighted by molar-refractivity contribution is -0.149. The van der Waals surface area contributed by atoms with Crippen LogP contribution < -0.4 is 4.74 Å². The highest BCUT2D eigenvalue weighted by molar-refractivity contribution is 6.01. The lowest BCUT2D eigenvalue weighted by Gasteiger charge is -2.51. The van der Waals surface area contributed by atoms with E-state index in [1.54, 1.807) is 0 Å². The van der Waals surface area contributed by atoms with Crippen molar-refractivity contribution < 1.29 is 4.74 Å². The molecule has 5 rings (SSSR count). The number of hydrogen-bond donors (Lipinski definition) is 0. The van der Waals surface area contributed by atoms with Gasteiger partial charge >= 0.3 is 0 Å². The zero-order valence-electron chi connectivity index (χ0n) is 15.1. The van der Waals surface area contributed by atoms with Crippen LogP contribution in [0.15, 0.2) is 53.9 Å². The fourth-order valence-corrected chi connectivity index (χ4v) is 4.50. The molecule has 3 aliphatic heterocycles. The Hall–Kier alpha value is -2.40. The molecule has 1 atom stereocenters. The van der Waals surface area contributed by atoms with E-state index in [0.29, 0.717) is 0 Å². The number of para-hydroxylation sites is 1. The van der Waals surface area contributed by atoms with Gasteiger partial charge in [-0.15, -0.1) is 0 Å². The van der Waals surface area contributed by atoms with E-state index in [1.807, 2.05) is 12.4 Å². The van der Waals surface area contributed by atoms with E-state index in [-0.39, 0.29) is 11.8 Å². The Labute approximate surface area is 154 Å². The minimum absolute atomic E-state index is 0.260. The van der Waals surface area contributed by atoms with E-state index in [2.05, 4.69) is 58.2 Å². The van der Waals surface area contributed by atoms with Crippen LogP contribution in [-0.4, -0.2) is 46.0 Å². The highest BCUT2D eigenvalue weighted by atomic mass is 16.5. The van der Waals surface area contributed by atoms with Gasteiger partial charge in [-0.2, -0.15) is 5.10 Å². The number of hydrogen-bond acceptors (Lipinski definition) is 5. The molecule has 0 unspecified atom stereocenters. The van der Waals surface area contributed by atoms with Crippen LogP contribution in [0.25, 0.3) is 0 Å². The number of pyridine rings is 1. The summed E-state index contributed by atoms with van der Waals surface area (Å²) in [5.74, 6) is 1.03. The molecule has 0 radical (unpaired) electrons. The van der Waals surface area contributed by atoms with Crippen LogP contribution in [0.5, 0.6) is 5.75 Å². The van der Waals surface area contributed by atoms with Gasteiger partial charge < -0.3 is 9.64 Å². The second-order valence-corrected chi connectivity index (χ2v) is 7.37. The first kappa shape index (κ1) is 15.8. The molecular formula is C21H24N4O. The summed E-state index contributed by atoms with van der Waals surface area (Å²) in [4.78, 5) is 6.64. The van der Waals surface area contributed by atoms with Crippen LogP contribution in [0.1, 0.15) is 43.4 Å². The Bertz CT molecular complexity index is 827. The van der Waals surface area contributed by atoms with Crippen molar-refractivity contribution >= 4 is 5.71 Å². The molecule has 5 heteroatoms. The Balaban J connectivity index is 1.55. The van der Waals surface area contributed by atoms with E-state index in [0.717, 1.165) is 55.9 Å². The minimum Gasteiger partial charge on any atom is -0.466 e. The largest absolute Gasteiger partial charge is 0.466 e. The molecule has 3 aliphatic rings. The third kappa shape index (κ3) is 2.42. The third-order valence-electron chi connectivity index (χ3n) is 6.00. The standard InChI is InChI=1S/C21H24N4O/c1-2-24-13-9-21(10-14-24)25-19(17-5-3-4-6-20(17)26-21)15-18(23-25)16-7-11-22-12-8-16/h3-8,11-12,19H,2,9-10,13-15H2,1H3/t19-/m1/s1. The summed E-state index contributed by atoms with van der Waals surface area (Å²) in [6.45, 7) is 5.44. The average Bonchev–Trinajstić information content (AvgIpc) is 3.16. The topological polar surface area (TPSA) is 41.0 Å². The van der Waals surface area contributed by atoms with Gasteiger partial charge in [0.2, 0.25) is 5.72 Å². The summed E-state index contributed by atoms with van der Waals surface area (Å²) < 4.78 is 6.63. The van der Waals surface area contributed by atoms with Crippen molar-refractivity contribution in [3.8, 4) is 5.75 Å². The molecule has 5 nitrogen and oxygen atoms in total. The van der Waals surface area contributed by atoms with Crippen molar-refractivity contribution in [1.29, 1.82) is 0 Å². The zero-order chi connectivity index (χ0) is 17.6. The molecule has 0 N–H and O–H groups in total. The number of hydrazone groups is 1. The summed E-state index contributed by atoms with van der Waals surface area (Å²) in [5, 5.41) is 7.36. The van der Waals surface area contributed by atoms with E-state index in [9.17, 15) is 0 Å². The van der Waals surface area contributed by atoms with Crippen molar-refractivity contribution in [3.63, 3.8) is 0 Å². The SMILES string of the molecule is CCN1CCC2(CC1)Oc1ccccc1[C@H]1CC(c3ccncc3)=NN12. The van der Waals surface area contributed by atoms with Gasteiger partial charge in [0, 0.05) is 55.9 Å². The monoisotopic (exact) mass is 348 g/mol. The number of piperidine rings is 1. The van der Waals surface area contributed by atoms with Crippen LogP contribution in [0.4, 0.5) is 0 Å². The molecule has 1 saturated heterocycles. The number of benzene rings is 1. The van der Waals surface area contributed by atoms with Crippen molar-refractivity contribution in [2.75, 3.05) is 19.6 Å². The molecule has 1 aromatic carbocycles. The lowest BCUT2D eigenvalue weighted by Crippen LogP contribution is -2.59. The summed E-state index contributed by atoms with van der Waals surface area (Å²) in [7, 11) is 0. The number of aromatic nitrogens is 1. The maximum absolute atomic E-state index is 6.63. The molecular weight excluding hydrogens is 324 g/mol. The molecule has 4 heterocycles. The molecule has 134 valence electrons. The second-order valence-electron chi connectivity index (χ2n) is 7.37. The molecule has 0 amide bonds. The molecule has 2 aromatic rings. The number of nitrogens with zero attached hydrogens (tertiary/aromatic N) is 4. The maximum Gasteiger partial charge on any atom is 0.200 e. The van der Waals surface area contributed by atoms with Crippen molar-refractivity contribution in [2.45, 2.75) is 38.0 Å². The molecule has 0 bridgehead atoms. The Morgan fingerprint density at radius 2 is 1.88 bits per heavy atom. The van der Waals surface area contributed by atoms with E-state index in [4.69, 9.17) is 9.84 Å². The predicted molar refractivity (Wildman–Crippen MR) is 101 cm³/mol. The van der Waals surface area contributed by atoms with Gasteiger partial charge in [0.05, 0.1) is 11.8 Å². The number of fused-ring (bicyclic) bond motifs is 4. The second kappa shape index (κ2) is 6.09. The Morgan fingerprint density at radius 1 is 1.12 bits per heavy atom. The van der Waals surface area contributed by atoms with Crippen molar-refractivity contribution in [2.24, 2.45) is 5.10 Å². The van der Waals surface area contributed by atoms with E-state index >= 15 is 0 Å². The normalized spacial score (nSPS) is 24.0. The van der Waals surface area contributed by atoms with Crippen molar-refractivity contribution in [1.82, 2.24) is 14.9 Å². The highest BCUT2D eigenvalue weighted by Gasteiger charge is 2.51. The number of rotatable bonds is 2. The van der Waals surface area contributed by atoms with Gasteiger partial charge in [0.25, 0.3) is 0 Å². The first-order chi connectivity index (χ1) is 12.8. The molecule has 1 spiro atoms. The van der Waals surface area contributed by atoms with E-state index < -0.39 is 0 Å². The number of likely N-dealkylation sites (tertiary alicyclic amines) is 1. The smallest absolute Gasteiger partial charge is 0.200 e. The number of ether oxygens (including phenoxy) is 1. The van der Waals surface area contributed by atoms with Gasteiger partial charge in [-0.25, -0.2) is 5.01 Å². The quantitative estimate of drug-likeness (QED) is 0.834. The fourth-order valence-electron chi connectivity index (χ4n) is 4.50. The van der Waals surface area contributed by atoms with Gasteiger partial charge in [-0.05, 0) is 24.7 Å². The first-order valence-electron chi connectivity index (χ1n) is 9.56. The third-order valence-corrected chi connectivity index (χ3v) is 6.00. The summed E-state index contributed by atoms with van der Waals surface area (Å²) in [6, 6.07) is 12.8. The van der Waals surface area contributed by atoms with Gasteiger partial charge in [-0.3, -0.25) is 4.98 Å². The predicted octanol–water partition coefficient (Wildman–Crippen LogP) is 3.44. The molecule has 1 fully saturated rings. The lowest BCUT2D eigenvalue weighted by atomic mass is 9.91. The van der Waals surface area contributed by atoms with Crippen LogP contribution >= 0.6 is 0 Å².